The fourth-order valence-corrected chi connectivity index (χ4v) is 2.83. The molecule has 6 heteroatoms. The van der Waals surface area contributed by atoms with Crippen LogP contribution in [0.2, 0.25) is 0 Å². The minimum atomic E-state index is -0.700. The van der Waals surface area contributed by atoms with Crippen LogP contribution in [-0.2, 0) is 0 Å². The summed E-state index contributed by atoms with van der Waals surface area (Å²) in [7, 11) is 0. The summed E-state index contributed by atoms with van der Waals surface area (Å²) < 4.78 is 32.2. The first-order valence-electron chi connectivity index (χ1n) is 5.83. The molecule has 0 spiro atoms. The number of rotatable bonds is 2. The van der Waals surface area contributed by atoms with Gasteiger partial charge in [0.15, 0.2) is 11.6 Å². The van der Waals surface area contributed by atoms with E-state index in [2.05, 4.69) is 5.16 Å². The molecule has 0 unspecified atom stereocenters. The molecule has 0 bridgehead atoms. The molecule has 0 aliphatic carbocycles. The van der Waals surface area contributed by atoms with Gasteiger partial charge >= 0.3 is 0 Å². The van der Waals surface area contributed by atoms with Crippen molar-refractivity contribution in [1.82, 2.24) is 5.16 Å². The number of benzene rings is 1. The molecule has 3 nitrogen and oxygen atoms in total. The lowest BCUT2D eigenvalue weighted by atomic mass is 10.0. The minimum Gasteiger partial charge on any atom is -0.380 e. The van der Waals surface area contributed by atoms with Crippen LogP contribution in [0.4, 0.5) is 14.6 Å². The lowest BCUT2D eigenvalue weighted by Gasteiger charge is -2.03. The van der Waals surface area contributed by atoms with Gasteiger partial charge in [0.2, 0.25) is 0 Å². The zero-order chi connectivity index (χ0) is 14.3. The molecule has 0 atom stereocenters. The third kappa shape index (κ3) is 2.08. The van der Waals surface area contributed by atoms with E-state index in [1.54, 1.807) is 0 Å². The molecule has 0 amide bonds. The van der Waals surface area contributed by atoms with Crippen LogP contribution in [0, 0.1) is 18.6 Å². The van der Waals surface area contributed by atoms with Gasteiger partial charge in [-0.15, -0.1) is 11.3 Å². The second-order valence-electron chi connectivity index (χ2n) is 4.31. The van der Waals surface area contributed by atoms with Crippen molar-refractivity contribution in [3.05, 3.63) is 46.8 Å². The topological polar surface area (TPSA) is 52.0 Å². The van der Waals surface area contributed by atoms with Gasteiger partial charge in [0.1, 0.15) is 11.6 Å². The average molecular weight is 292 g/mol. The molecule has 0 aliphatic heterocycles. The Balaban J connectivity index is 2.21. The zero-order valence-corrected chi connectivity index (χ0v) is 11.3. The van der Waals surface area contributed by atoms with Crippen LogP contribution in [0.5, 0.6) is 0 Å². The van der Waals surface area contributed by atoms with E-state index >= 15 is 0 Å². The number of hydrogen-bond acceptors (Lipinski definition) is 4. The summed E-state index contributed by atoms with van der Waals surface area (Å²) in [6, 6.07) is 7.09. The molecule has 3 rings (SSSR count). The molecule has 0 aliphatic rings. The Morgan fingerprint density at radius 1 is 1.20 bits per heavy atom. The van der Waals surface area contributed by atoms with Crippen LogP contribution in [0.15, 0.2) is 34.9 Å². The molecule has 2 heterocycles. The van der Waals surface area contributed by atoms with Crippen molar-refractivity contribution in [2.45, 2.75) is 6.92 Å². The van der Waals surface area contributed by atoms with Crippen molar-refractivity contribution in [2.24, 2.45) is 0 Å². The lowest BCUT2D eigenvalue weighted by Crippen LogP contribution is -1.92. The quantitative estimate of drug-likeness (QED) is 0.768. The smallest absolute Gasteiger partial charge is 0.186 e. The Bertz CT molecular complexity index is 779. The highest BCUT2D eigenvalue weighted by molar-refractivity contribution is 7.15. The maximum atomic E-state index is 13.9. The maximum Gasteiger partial charge on any atom is 0.186 e. The van der Waals surface area contributed by atoms with Gasteiger partial charge in [-0.25, -0.2) is 8.78 Å². The summed E-state index contributed by atoms with van der Waals surface area (Å²) in [5.41, 5.74) is 6.29. The number of thiophene rings is 1. The Kier molecular flexibility index (Phi) is 3.02. The summed E-state index contributed by atoms with van der Waals surface area (Å²) in [6.07, 6.45) is 0. The average Bonchev–Trinajstić information content (AvgIpc) is 2.96. The van der Waals surface area contributed by atoms with E-state index < -0.39 is 11.6 Å². The van der Waals surface area contributed by atoms with Crippen LogP contribution in [0.25, 0.3) is 21.8 Å². The van der Waals surface area contributed by atoms with E-state index in [9.17, 15) is 8.78 Å². The fraction of sp³-hybridized carbons (Fsp3) is 0.0714. The molecule has 0 saturated heterocycles. The molecule has 3 aromatic rings. The summed E-state index contributed by atoms with van der Waals surface area (Å²) in [5.74, 6) is -0.869. The minimum absolute atomic E-state index is 0.0801. The Morgan fingerprint density at radius 2 is 2.00 bits per heavy atom. The number of hydrogen-bond donors (Lipinski definition) is 1. The van der Waals surface area contributed by atoms with Crippen molar-refractivity contribution in [3.8, 4) is 21.8 Å². The van der Waals surface area contributed by atoms with E-state index in [0.29, 0.717) is 11.3 Å². The molecule has 0 saturated carbocycles. The predicted octanol–water partition coefficient (Wildman–Crippen LogP) is 4.24. The molecular formula is C14H10F2N2OS. The number of anilines is 1. The number of nitrogen functional groups attached to an aromatic ring is 1. The van der Waals surface area contributed by atoms with Crippen LogP contribution in [0.3, 0.4) is 0 Å². The van der Waals surface area contributed by atoms with Crippen molar-refractivity contribution in [3.63, 3.8) is 0 Å². The molecule has 1 aromatic carbocycles. The largest absolute Gasteiger partial charge is 0.380 e. The van der Waals surface area contributed by atoms with Crippen LogP contribution in [0.1, 0.15) is 4.88 Å². The number of aryl methyl sites for hydroxylation is 1. The van der Waals surface area contributed by atoms with Crippen molar-refractivity contribution >= 4 is 17.2 Å². The second kappa shape index (κ2) is 4.72. The van der Waals surface area contributed by atoms with Gasteiger partial charge in [-0.1, -0.05) is 5.16 Å². The number of halogens is 2. The summed E-state index contributed by atoms with van der Waals surface area (Å²) in [5, 5.41) is 3.69. The monoisotopic (exact) mass is 292 g/mol. The summed E-state index contributed by atoms with van der Waals surface area (Å²) in [4.78, 5) is 1.88. The molecule has 2 aromatic heterocycles. The summed E-state index contributed by atoms with van der Waals surface area (Å²) in [6.45, 7) is 1.95. The highest BCUT2D eigenvalue weighted by atomic mass is 32.1. The first-order valence-corrected chi connectivity index (χ1v) is 6.65. The highest BCUT2D eigenvalue weighted by Crippen LogP contribution is 2.40. The van der Waals surface area contributed by atoms with Crippen molar-refractivity contribution in [2.75, 3.05) is 5.73 Å². The highest BCUT2D eigenvalue weighted by Gasteiger charge is 2.21. The fourth-order valence-electron chi connectivity index (χ4n) is 1.98. The number of aromatic nitrogens is 1. The first-order chi connectivity index (χ1) is 9.56. The third-order valence-electron chi connectivity index (χ3n) is 2.88. The van der Waals surface area contributed by atoms with Crippen molar-refractivity contribution in [1.29, 1.82) is 0 Å². The maximum absolute atomic E-state index is 13.9. The van der Waals surface area contributed by atoms with Gasteiger partial charge in [-0.05, 0) is 31.2 Å². The first kappa shape index (κ1) is 12.8. The second-order valence-corrected chi connectivity index (χ2v) is 5.59. The number of nitrogens with zero attached hydrogens (tertiary/aromatic N) is 1. The molecule has 0 radical (unpaired) electrons. The van der Waals surface area contributed by atoms with Crippen LogP contribution >= 0.6 is 11.3 Å². The molecule has 0 fully saturated rings. The Labute approximate surface area is 117 Å². The van der Waals surface area contributed by atoms with E-state index in [1.165, 1.54) is 23.5 Å². The van der Waals surface area contributed by atoms with Gasteiger partial charge in [0, 0.05) is 16.5 Å². The number of nitrogens with two attached hydrogens (primary N) is 1. The van der Waals surface area contributed by atoms with Crippen LogP contribution < -0.4 is 5.73 Å². The van der Waals surface area contributed by atoms with E-state index in [0.717, 1.165) is 15.8 Å². The molecule has 102 valence electrons. The van der Waals surface area contributed by atoms with Gasteiger partial charge in [0.25, 0.3) is 0 Å². The van der Waals surface area contributed by atoms with Gasteiger partial charge in [-0.2, -0.15) is 0 Å². The van der Waals surface area contributed by atoms with Gasteiger partial charge < -0.3 is 10.3 Å². The Hall–Kier alpha value is -2.21. The van der Waals surface area contributed by atoms with E-state index in [4.69, 9.17) is 10.3 Å². The van der Waals surface area contributed by atoms with Crippen molar-refractivity contribution < 1.29 is 13.3 Å². The predicted molar refractivity (Wildman–Crippen MR) is 74.3 cm³/mol. The molecular weight excluding hydrogens is 282 g/mol. The molecule has 20 heavy (non-hydrogen) atoms. The zero-order valence-electron chi connectivity index (χ0n) is 10.5. The third-order valence-corrected chi connectivity index (χ3v) is 3.88. The summed E-state index contributed by atoms with van der Waals surface area (Å²) >= 11 is 1.49. The van der Waals surface area contributed by atoms with Crippen LogP contribution in [-0.4, -0.2) is 5.16 Å². The standard InChI is InChI=1S/C14H10F2N2OS/c1-7-2-5-11(20-7)13-12(14(17)18-19-13)9-4-3-8(15)6-10(9)16/h2-6H,1H3,(H2,17,18). The normalized spacial score (nSPS) is 10.9. The van der Waals surface area contributed by atoms with Gasteiger partial charge in [0.05, 0.1) is 10.4 Å². The lowest BCUT2D eigenvalue weighted by molar-refractivity contribution is 0.437. The SMILES string of the molecule is Cc1ccc(-c2onc(N)c2-c2ccc(F)cc2F)s1. The molecule has 2 N–H and O–H groups in total. The van der Waals surface area contributed by atoms with E-state index in [1.807, 2.05) is 19.1 Å². The Morgan fingerprint density at radius 3 is 2.65 bits per heavy atom. The van der Waals surface area contributed by atoms with E-state index in [-0.39, 0.29) is 11.4 Å². The van der Waals surface area contributed by atoms with Gasteiger partial charge in [-0.3, -0.25) is 0 Å².